The van der Waals surface area contributed by atoms with Crippen LogP contribution in [0.25, 0.3) is 0 Å². The van der Waals surface area contributed by atoms with Crippen LogP contribution >= 0.6 is 0 Å². The standard InChI is InChI=1S/C17H23NO/c18-17(12-6-1-2-7-13-17)15-19-14-8-11-16-9-4-3-5-10-16/h3-5,9-10H,1-2,6-7,12-15,18H2. The fraction of sp³-hybridized carbons (Fsp3) is 0.529. The van der Waals surface area contributed by atoms with Crippen molar-refractivity contribution >= 4 is 0 Å². The molecule has 0 spiro atoms. The average molecular weight is 257 g/mol. The summed E-state index contributed by atoms with van der Waals surface area (Å²) in [6.07, 6.45) is 7.25. The Labute approximate surface area is 116 Å². The molecule has 19 heavy (non-hydrogen) atoms. The smallest absolute Gasteiger partial charge is 0.108 e. The van der Waals surface area contributed by atoms with Gasteiger partial charge in [0.2, 0.25) is 0 Å². The first-order valence-electron chi connectivity index (χ1n) is 7.19. The molecular formula is C17H23NO. The van der Waals surface area contributed by atoms with Gasteiger partial charge in [0.15, 0.2) is 0 Å². The first-order chi connectivity index (χ1) is 9.29. The second-order valence-electron chi connectivity index (χ2n) is 5.44. The molecule has 1 fully saturated rings. The van der Waals surface area contributed by atoms with Crippen LogP contribution in [-0.2, 0) is 4.74 Å². The van der Waals surface area contributed by atoms with Crippen molar-refractivity contribution < 1.29 is 4.74 Å². The lowest BCUT2D eigenvalue weighted by Gasteiger charge is -2.27. The minimum atomic E-state index is -0.120. The zero-order chi connectivity index (χ0) is 13.4. The molecule has 1 aromatic carbocycles. The molecule has 1 aliphatic carbocycles. The summed E-state index contributed by atoms with van der Waals surface area (Å²) in [4.78, 5) is 0. The minimum absolute atomic E-state index is 0.120. The lowest BCUT2D eigenvalue weighted by Crippen LogP contribution is -2.44. The summed E-state index contributed by atoms with van der Waals surface area (Å²) < 4.78 is 5.65. The van der Waals surface area contributed by atoms with Crippen molar-refractivity contribution in [3.63, 3.8) is 0 Å². The van der Waals surface area contributed by atoms with Gasteiger partial charge in [-0.05, 0) is 25.0 Å². The maximum Gasteiger partial charge on any atom is 0.108 e. The zero-order valence-corrected chi connectivity index (χ0v) is 11.5. The predicted molar refractivity (Wildman–Crippen MR) is 78.8 cm³/mol. The highest BCUT2D eigenvalue weighted by Crippen LogP contribution is 2.24. The number of hydrogen-bond acceptors (Lipinski definition) is 2. The third-order valence-electron chi connectivity index (χ3n) is 3.67. The molecule has 0 unspecified atom stereocenters. The second-order valence-corrected chi connectivity index (χ2v) is 5.44. The molecule has 0 radical (unpaired) electrons. The third kappa shape index (κ3) is 5.06. The van der Waals surface area contributed by atoms with Gasteiger partial charge in [0, 0.05) is 11.1 Å². The Hall–Kier alpha value is -1.30. The molecule has 0 aromatic heterocycles. The Morgan fingerprint density at radius 3 is 2.42 bits per heavy atom. The minimum Gasteiger partial charge on any atom is -0.367 e. The van der Waals surface area contributed by atoms with Gasteiger partial charge in [-0.3, -0.25) is 0 Å². The van der Waals surface area contributed by atoms with E-state index < -0.39 is 0 Å². The highest BCUT2D eigenvalue weighted by Gasteiger charge is 2.26. The SMILES string of the molecule is NC1(COCC#Cc2ccccc2)CCCCCC1. The normalized spacial score (nSPS) is 18.2. The van der Waals surface area contributed by atoms with Crippen LogP contribution in [0.1, 0.15) is 44.1 Å². The van der Waals surface area contributed by atoms with Gasteiger partial charge in [-0.15, -0.1) is 0 Å². The van der Waals surface area contributed by atoms with E-state index in [1.165, 1.54) is 25.7 Å². The van der Waals surface area contributed by atoms with E-state index in [1.54, 1.807) is 0 Å². The topological polar surface area (TPSA) is 35.2 Å². The number of hydrogen-bond donors (Lipinski definition) is 1. The summed E-state index contributed by atoms with van der Waals surface area (Å²) in [6.45, 7) is 1.10. The highest BCUT2D eigenvalue weighted by molar-refractivity contribution is 5.33. The van der Waals surface area contributed by atoms with Gasteiger partial charge in [-0.25, -0.2) is 0 Å². The van der Waals surface area contributed by atoms with Crippen molar-refractivity contribution in [1.82, 2.24) is 0 Å². The van der Waals surface area contributed by atoms with E-state index in [2.05, 4.69) is 11.8 Å². The lowest BCUT2D eigenvalue weighted by molar-refractivity contribution is 0.101. The maximum atomic E-state index is 6.38. The highest BCUT2D eigenvalue weighted by atomic mass is 16.5. The Morgan fingerprint density at radius 2 is 1.74 bits per heavy atom. The summed E-state index contributed by atoms with van der Waals surface area (Å²) in [6, 6.07) is 9.98. The molecule has 0 saturated heterocycles. The van der Waals surface area contributed by atoms with Gasteiger partial charge in [0.05, 0.1) is 6.61 Å². The molecule has 0 heterocycles. The van der Waals surface area contributed by atoms with Gasteiger partial charge in [0.1, 0.15) is 6.61 Å². The first kappa shape index (κ1) is 14.1. The molecule has 0 atom stereocenters. The van der Waals surface area contributed by atoms with Gasteiger partial charge in [-0.2, -0.15) is 0 Å². The second kappa shape index (κ2) is 7.33. The molecule has 0 amide bonds. The quantitative estimate of drug-likeness (QED) is 0.513. The molecule has 102 valence electrons. The number of nitrogens with two attached hydrogens (primary N) is 1. The predicted octanol–water partition coefficient (Wildman–Crippen LogP) is 3.11. The molecule has 0 bridgehead atoms. The van der Waals surface area contributed by atoms with Crippen molar-refractivity contribution in [1.29, 1.82) is 0 Å². The Balaban J connectivity index is 1.73. The van der Waals surface area contributed by atoms with Crippen molar-refractivity contribution in [2.24, 2.45) is 5.73 Å². The largest absolute Gasteiger partial charge is 0.367 e. The molecule has 0 aliphatic heterocycles. The van der Waals surface area contributed by atoms with Crippen LogP contribution < -0.4 is 5.73 Å². The molecule has 2 nitrogen and oxygen atoms in total. The van der Waals surface area contributed by atoms with Crippen molar-refractivity contribution in [3.8, 4) is 11.8 Å². The Bertz CT molecular complexity index is 422. The van der Waals surface area contributed by atoms with E-state index >= 15 is 0 Å². The van der Waals surface area contributed by atoms with Crippen LogP contribution in [0.3, 0.4) is 0 Å². The summed E-state index contributed by atoms with van der Waals surface area (Å²) in [7, 11) is 0. The zero-order valence-electron chi connectivity index (χ0n) is 11.5. The fourth-order valence-corrected chi connectivity index (χ4v) is 2.54. The van der Waals surface area contributed by atoms with Crippen molar-refractivity contribution in [2.75, 3.05) is 13.2 Å². The van der Waals surface area contributed by atoms with Gasteiger partial charge >= 0.3 is 0 Å². The first-order valence-corrected chi connectivity index (χ1v) is 7.19. The molecular weight excluding hydrogens is 234 g/mol. The van der Waals surface area contributed by atoms with Crippen LogP contribution in [-0.4, -0.2) is 18.8 Å². The molecule has 1 aliphatic rings. The number of benzene rings is 1. The summed E-state index contributed by atoms with van der Waals surface area (Å²) >= 11 is 0. The Kier molecular flexibility index (Phi) is 5.44. The lowest BCUT2D eigenvalue weighted by atomic mass is 9.93. The van der Waals surface area contributed by atoms with Crippen LogP contribution in [0.4, 0.5) is 0 Å². The summed E-state index contributed by atoms with van der Waals surface area (Å²) in [5.41, 5.74) is 7.29. The van der Waals surface area contributed by atoms with E-state index in [1.807, 2.05) is 30.3 Å². The van der Waals surface area contributed by atoms with Gasteiger partial charge < -0.3 is 10.5 Å². The van der Waals surface area contributed by atoms with Crippen LogP contribution in [0, 0.1) is 11.8 Å². The van der Waals surface area contributed by atoms with Crippen LogP contribution in [0.15, 0.2) is 30.3 Å². The van der Waals surface area contributed by atoms with Crippen molar-refractivity contribution in [3.05, 3.63) is 35.9 Å². The van der Waals surface area contributed by atoms with Gasteiger partial charge in [-0.1, -0.05) is 55.7 Å². The average Bonchev–Trinajstić information content (AvgIpc) is 2.65. The van der Waals surface area contributed by atoms with Crippen molar-refractivity contribution in [2.45, 2.75) is 44.1 Å². The van der Waals surface area contributed by atoms with Crippen LogP contribution in [0.2, 0.25) is 0 Å². The molecule has 2 heteroatoms. The molecule has 2 N–H and O–H groups in total. The molecule has 2 rings (SSSR count). The molecule has 1 aromatic rings. The summed E-state index contributed by atoms with van der Waals surface area (Å²) in [5, 5.41) is 0. The number of rotatable bonds is 3. The van der Waals surface area contributed by atoms with E-state index in [9.17, 15) is 0 Å². The third-order valence-corrected chi connectivity index (χ3v) is 3.67. The van der Waals surface area contributed by atoms with E-state index in [0.717, 1.165) is 18.4 Å². The maximum absolute atomic E-state index is 6.38. The summed E-state index contributed by atoms with van der Waals surface area (Å²) in [5.74, 6) is 6.14. The van der Waals surface area contributed by atoms with E-state index in [4.69, 9.17) is 10.5 Å². The monoisotopic (exact) mass is 257 g/mol. The van der Waals surface area contributed by atoms with Crippen LogP contribution in [0.5, 0.6) is 0 Å². The van der Waals surface area contributed by atoms with Gasteiger partial charge in [0.25, 0.3) is 0 Å². The number of ether oxygens (including phenoxy) is 1. The van der Waals surface area contributed by atoms with E-state index in [-0.39, 0.29) is 5.54 Å². The molecule has 1 saturated carbocycles. The Morgan fingerprint density at radius 1 is 1.05 bits per heavy atom. The fourth-order valence-electron chi connectivity index (χ4n) is 2.54. The van der Waals surface area contributed by atoms with E-state index in [0.29, 0.717) is 13.2 Å².